The van der Waals surface area contributed by atoms with E-state index in [0.717, 1.165) is 12.8 Å². The molecule has 0 aliphatic carbocycles. The number of benzene rings is 1. The number of carbonyl (C=O) groups excluding carboxylic acids is 1. The molecule has 1 amide bonds. The van der Waals surface area contributed by atoms with Crippen LogP contribution < -0.4 is 10.5 Å². The van der Waals surface area contributed by atoms with E-state index >= 15 is 0 Å². The number of nitrogens with two attached hydrogens (primary N) is 1. The van der Waals surface area contributed by atoms with Crippen LogP contribution in [0.4, 0.5) is 10.6 Å². The van der Waals surface area contributed by atoms with Crippen molar-refractivity contribution < 1.29 is 24.5 Å². The van der Waals surface area contributed by atoms with Crippen molar-refractivity contribution in [2.24, 2.45) is 5.92 Å². The van der Waals surface area contributed by atoms with Crippen LogP contribution in [-0.4, -0.2) is 72.6 Å². The van der Waals surface area contributed by atoms with Gasteiger partial charge in [-0.25, -0.2) is 19.7 Å². The Labute approximate surface area is 219 Å². The van der Waals surface area contributed by atoms with Gasteiger partial charge in [0.05, 0.1) is 19.0 Å². The molecule has 196 valence electrons. The number of ether oxygens (including phenoxy) is 2. The van der Waals surface area contributed by atoms with Crippen LogP contribution in [0.15, 0.2) is 30.6 Å². The third-order valence-electron chi connectivity index (χ3n) is 6.12. The lowest BCUT2D eigenvalue weighted by atomic mass is 9.94. The maximum absolute atomic E-state index is 12.4. The molecule has 1 aromatic carbocycles. The van der Waals surface area contributed by atoms with Gasteiger partial charge in [0, 0.05) is 24.5 Å². The molecule has 1 aliphatic rings. The number of rotatable bonds is 7. The topological polar surface area (TPSA) is 149 Å². The van der Waals surface area contributed by atoms with E-state index in [-0.39, 0.29) is 31.1 Å². The van der Waals surface area contributed by atoms with Gasteiger partial charge < -0.3 is 30.3 Å². The highest BCUT2D eigenvalue weighted by atomic mass is 35.5. The molecule has 12 heteroatoms. The SMILES string of the molecule is C[C@@H](O)[C@@H](CO)OCn1cnc2c(N)nc(C#CCC3CCN(C(=O)Oc4ccc(Cl)cc4)CC3)nc21. The Bertz CT molecular complexity index is 1280. The summed E-state index contributed by atoms with van der Waals surface area (Å²) in [5, 5.41) is 19.6. The zero-order valence-corrected chi connectivity index (χ0v) is 21.1. The van der Waals surface area contributed by atoms with Crippen LogP contribution in [0.3, 0.4) is 0 Å². The molecule has 2 aromatic heterocycles. The highest BCUT2D eigenvalue weighted by molar-refractivity contribution is 6.30. The molecule has 37 heavy (non-hydrogen) atoms. The summed E-state index contributed by atoms with van der Waals surface area (Å²) in [7, 11) is 0. The second-order valence-corrected chi connectivity index (χ2v) is 9.27. The van der Waals surface area contributed by atoms with Crippen molar-refractivity contribution in [2.45, 2.75) is 45.1 Å². The quantitative estimate of drug-likeness (QED) is 0.393. The summed E-state index contributed by atoms with van der Waals surface area (Å²) in [5.74, 6) is 7.38. The van der Waals surface area contributed by atoms with E-state index < -0.39 is 12.2 Å². The fourth-order valence-corrected chi connectivity index (χ4v) is 4.03. The Hall–Kier alpha value is -3.43. The van der Waals surface area contributed by atoms with Crippen molar-refractivity contribution in [3.05, 3.63) is 41.4 Å². The van der Waals surface area contributed by atoms with E-state index in [0.29, 0.717) is 47.4 Å². The van der Waals surface area contributed by atoms with E-state index in [4.69, 9.17) is 26.8 Å². The first-order chi connectivity index (χ1) is 17.8. The number of fused-ring (bicyclic) bond motifs is 1. The van der Waals surface area contributed by atoms with E-state index in [1.54, 1.807) is 33.7 Å². The molecule has 2 atom stereocenters. The molecule has 4 N–H and O–H groups in total. The standard InChI is InChI=1S/C25H29ClN6O5/c1-16(34)20(13-33)36-15-32-14-28-22-23(27)29-21(30-24(22)32)4-2-3-17-9-11-31(12-10-17)25(35)37-19-7-5-18(26)6-8-19/h5-8,14,16-17,20,33-34H,3,9-13,15H2,1H3,(H2,27,29,30)/t16-,20-/m1/s1. The van der Waals surface area contributed by atoms with E-state index in [9.17, 15) is 15.0 Å². The number of likely N-dealkylation sites (tertiary alicyclic amines) is 1. The molecule has 0 spiro atoms. The number of nitrogen functional groups attached to an aromatic ring is 1. The summed E-state index contributed by atoms with van der Waals surface area (Å²) in [4.78, 5) is 27.0. The second kappa shape index (κ2) is 12.2. The molecule has 0 saturated carbocycles. The molecule has 1 saturated heterocycles. The van der Waals surface area contributed by atoms with Crippen LogP contribution >= 0.6 is 11.6 Å². The number of hydrogen-bond donors (Lipinski definition) is 3. The third kappa shape index (κ3) is 6.87. The molecular formula is C25H29ClN6O5. The van der Waals surface area contributed by atoms with E-state index in [1.165, 1.54) is 13.3 Å². The molecule has 0 radical (unpaired) electrons. The minimum absolute atomic E-state index is 0.0228. The van der Waals surface area contributed by atoms with Crippen LogP contribution in [0.2, 0.25) is 5.02 Å². The zero-order valence-electron chi connectivity index (χ0n) is 20.4. The molecule has 11 nitrogen and oxygen atoms in total. The smallest absolute Gasteiger partial charge is 0.410 e. The van der Waals surface area contributed by atoms with Crippen molar-refractivity contribution in [2.75, 3.05) is 25.4 Å². The summed E-state index contributed by atoms with van der Waals surface area (Å²) >= 11 is 5.87. The highest BCUT2D eigenvalue weighted by Crippen LogP contribution is 2.22. The van der Waals surface area contributed by atoms with Crippen molar-refractivity contribution >= 4 is 34.7 Å². The number of piperidine rings is 1. The van der Waals surface area contributed by atoms with Gasteiger partial charge in [0.2, 0.25) is 5.82 Å². The first-order valence-electron chi connectivity index (χ1n) is 11.9. The maximum atomic E-state index is 12.4. The highest BCUT2D eigenvalue weighted by Gasteiger charge is 2.24. The van der Waals surface area contributed by atoms with Crippen LogP contribution in [0.25, 0.3) is 11.2 Å². The van der Waals surface area contributed by atoms with Gasteiger partial charge in [-0.15, -0.1) is 0 Å². The van der Waals surface area contributed by atoms with Gasteiger partial charge in [0.15, 0.2) is 11.5 Å². The van der Waals surface area contributed by atoms with Gasteiger partial charge in [-0.1, -0.05) is 17.5 Å². The monoisotopic (exact) mass is 528 g/mol. The van der Waals surface area contributed by atoms with Gasteiger partial charge in [0.1, 0.15) is 24.1 Å². The predicted molar refractivity (Wildman–Crippen MR) is 137 cm³/mol. The number of amides is 1. The number of imidazole rings is 1. The number of carbonyl (C=O) groups is 1. The van der Waals surface area contributed by atoms with E-state index in [2.05, 4.69) is 26.8 Å². The second-order valence-electron chi connectivity index (χ2n) is 8.83. The molecule has 1 fully saturated rings. The lowest BCUT2D eigenvalue weighted by Gasteiger charge is -2.30. The summed E-state index contributed by atoms with van der Waals surface area (Å²) in [5.41, 5.74) is 6.92. The Morgan fingerprint density at radius 2 is 2.00 bits per heavy atom. The number of nitrogens with zero attached hydrogens (tertiary/aromatic N) is 5. The van der Waals surface area contributed by atoms with Crippen LogP contribution in [-0.2, 0) is 11.5 Å². The lowest BCUT2D eigenvalue weighted by molar-refractivity contribution is -0.0804. The van der Waals surface area contributed by atoms with Crippen molar-refractivity contribution in [3.8, 4) is 17.6 Å². The van der Waals surface area contributed by atoms with Crippen molar-refractivity contribution in [1.29, 1.82) is 0 Å². The minimum atomic E-state index is -0.832. The molecule has 3 aromatic rings. The summed E-state index contributed by atoms with van der Waals surface area (Å²) < 4.78 is 12.6. The largest absolute Gasteiger partial charge is 0.415 e. The Kier molecular flexibility index (Phi) is 8.78. The number of halogens is 1. The number of aromatic nitrogens is 4. The Morgan fingerprint density at radius 3 is 2.68 bits per heavy atom. The van der Waals surface area contributed by atoms with Crippen molar-refractivity contribution in [1.82, 2.24) is 24.4 Å². The predicted octanol–water partition coefficient (Wildman–Crippen LogP) is 2.43. The number of aliphatic hydroxyl groups is 2. The first kappa shape index (κ1) is 26.6. The summed E-state index contributed by atoms with van der Waals surface area (Å²) in [6.07, 6.45) is 1.83. The maximum Gasteiger partial charge on any atom is 0.415 e. The number of anilines is 1. The first-order valence-corrected chi connectivity index (χ1v) is 12.3. The average molecular weight is 529 g/mol. The van der Waals surface area contributed by atoms with Crippen LogP contribution in [0.5, 0.6) is 5.75 Å². The molecule has 3 heterocycles. The molecule has 1 aliphatic heterocycles. The van der Waals surface area contributed by atoms with E-state index in [1.807, 2.05) is 0 Å². The number of hydrogen-bond acceptors (Lipinski definition) is 9. The fourth-order valence-electron chi connectivity index (χ4n) is 3.90. The fraction of sp³-hybridized carbons (Fsp3) is 0.440. The summed E-state index contributed by atoms with van der Waals surface area (Å²) in [6, 6.07) is 6.68. The third-order valence-corrected chi connectivity index (χ3v) is 6.37. The molecule has 0 bridgehead atoms. The van der Waals surface area contributed by atoms with Gasteiger partial charge >= 0.3 is 6.09 Å². The van der Waals surface area contributed by atoms with Crippen LogP contribution in [0.1, 0.15) is 32.0 Å². The Morgan fingerprint density at radius 1 is 1.27 bits per heavy atom. The molecule has 0 unspecified atom stereocenters. The minimum Gasteiger partial charge on any atom is -0.410 e. The van der Waals surface area contributed by atoms with Gasteiger partial charge in [-0.3, -0.25) is 4.57 Å². The van der Waals surface area contributed by atoms with Crippen molar-refractivity contribution in [3.63, 3.8) is 0 Å². The van der Waals surface area contributed by atoms with Gasteiger partial charge in [0.25, 0.3) is 0 Å². The summed E-state index contributed by atoms with van der Waals surface area (Å²) in [6.45, 7) is 2.43. The van der Waals surface area contributed by atoms with Gasteiger partial charge in [-0.2, -0.15) is 0 Å². The average Bonchev–Trinajstić information content (AvgIpc) is 3.29. The zero-order chi connectivity index (χ0) is 26.4. The Balaban J connectivity index is 1.32. The van der Waals surface area contributed by atoms with Crippen LogP contribution in [0, 0.1) is 17.8 Å². The number of aliphatic hydroxyl groups excluding tert-OH is 2. The van der Waals surface area contributed by atoms with Gasteiger partial charge in [-0.05, 0) is 55.9 Å². The lowest BCUT2D eigenvalue weighted by Crippen LogP contribution is -2.40. The molecular weight excluding hydrogens is 500 g/mol. The molecule has 4 rings (SSSR count). The normalized spacial score (nSPS) is 15.7.